The van der Waals surface area contributed by atoms with Gasteiger partial charge in [-0.25, -0.2) is 0 Å². The van der Waals surface area contributed by atoms with Crippen LogP contribution in [0.15, 0.2) is 6.07 Å². The lowest BCUT2D eigenvalue weighted by Gasteiger charge is -2.23. The van der Waals surface area contributed by atoms with Crippen molar-refractivity contribution in [3.8, 4) is 0 Å². The molecule has 0 atom stereocenters. The van der Waals surface area contributed by atoms with Crippen LogP contribution in [0.2, 0.25) is 0 Å². The molecule has 3 nitrogen and oxygen atoms in total. The second-order valence-corrected chi connectivity index (χ2v) is 4.42. The first-order valence-corrected chi connectivity index (χ1v) is 5.44. The minimum absolute atomic E-state index is 0.636. The molecule has 0 spiro atoms. The molecule has 1 aromatic rings. The van der Waals surface area contributed by atoms with E-state index >= 15 is 0 Å². The molecule has 1 aliphatic rings. The summed E-state index contributed by atoms with van der Waals surface area (Å²) in [5.74, 6) is 0. The van der Waals surface area contributed by atoms with E-state index in [2.05, 4.69) is 41.5 Å². The summed E-state index contributed by atoms with van der Waals surface area (Å²) in [6.07, 6.45) is 1.21. The van der Waals surface area contributed by atoms with Crippen LogP contribution in [-0.2, 0) is 13.1 Å². The summed E-state index contributed by atoms with van der Waals surface area (Å²) < 4.78 is 2.16. The average molecular weight is 193 g/mol. The number of hydrogen-bond acceptors (Lipinski definition) is 2. The number of fused-ring (bicyclic) bond motifs is 1. The van der Waals surface area contributed by atoms with E-state index in [0.717, 1.165) is 18.8 Å². The molecule has 0 saturated heterocycles. The van der Waals surface area contributed by atoms with E-state index in [1.165, 1.54) is 18.7 Å². The largest absolute Gasteiger partial charge is 0.295 e. The van der Waals surface area contributed by atoms with E-state index in [1.807, 2.05) is 0 Å². The Balaban J connectivity index is 2.21. The topological polar surface area (TPSA) is 21.1 Å². The van der Waals surface area contributed by atoms with Crippen LogP contribution in [-0.4, -0.2) is 27.3 Å². The molecule has 0 N–H and O–H groups in total. The number of hydrogen-bond donors (Lipinski definition) is 0. The molecule has 0 unspecified atom stereocenters. The van der Waals surface area contributed by atoms with E-state index in [0.29, 0.717) is 6.04 Å². The van der Waals surface area contributed by atoms with Gasteiger partial charge in [0.05, 0.1) is 11.4 Å². The van der Waals surface area contributed by atoms with E-state index in [4.69, 9.17) is 0 Å². The van der Waals surface area contributed by atoms with Gasteiger partial charge < -0.3 is 0 Å². The molecule has 3 heteroatoms. The molecule has 2 rings (SSSR count). The van der Waals surface area contributed by atoms with Crippen LogP contribution >= 0.6 is 0 Å². The maximum Gasteiger partial charge on any atom is 0.0597 e. The molecule has 0 aromatic carbocycles. The van der Waals surface area contributed by atoms with Gasteiger partial charge in [-0.15, -0.1) is 0 Å². The third-order valence-electron chi connectivity index (χ3n) is 2.90. The van der Waals surface area contributed by atoms with Crippen molar-refractivity contribution in [1.82, 2.24) is 14.7 Å². The first kappa shape index (κ1) is 9.71. The zero-order valence-corrected chi connectivity index (χ0v) is 9.32. The molecule has 0 bridgehead atoms. The summed E-state index contributed by atoms with van der Waals surface area (Å²) in [5, 5.41) is 4.49. The molecular weight excluding hydrogens is 174 g/mol. The fourth-order valence-electron chi connectivity index (χ4n) is 2.07. The van der Waals surface area contributed by atoms with Crippen molar-refractivity contribution in [2.45, 2.75) is 46.3 Å². The van der Waals surface area contributed by atoms with Crippen molar-refractivity contribution in [2.24, 2.45) is 0 Å². The van der Waals surface area contributed by atoms with E-state index in [9.17, 15) is 0 Å². The molecule has 0 saturated carbocycles. The number of aromatic nitrogens is 2. The minimum atomic E-state index is 0.636. The van der Waals surface area contributed by atoms with E-state index in [-0.39, 0.29) is 0 Å². The van der Waals surface area contributed by atoms with Crippen molar-refractivity contribution in [1.29, 1.82) is 0 Å². The smallest absolute Gasteiger partial charge is 0.0597 e. The zero-order chi connectivity index (χ0) is 10.1. The van der Waals surface area contributed by atoms with E-state index in [1.54, 1.807) is 0 Å². The highest BCUT2D eigenvalue weighted by Crippen LogP contribution is 2.15. The van der Waals surface area contributed by atoms with Gasteiger partial charge >= 0.3 is 0 Å². The van der Waals surface area contributed by atoms with Crippen molar-refractivity contribution in [2.75, 3.05) is 6.54 Å². The van der Waals surface area contributed by atoms with Crippen LogP contribution in [0.1, 0.15) is 31.7 Å². The Labute approximate surface area is 85.7 Å². The van der Waals surface area contributed by atoms with Crippen molar-refractivity contribution in [3.05, 3.63) is 17.5 Å². The summed E-state index contributed by atoms with van der Waals surface area (Å²) in [6.45, 7) is 9.92. The Morgan fingerprint density at radius 2 is 2.14 bits per heavy atom. The molecule has 2 heterocycles. The van der Waals surface area contributed by atoms with Gasteiger partial charge in [0, 0.05) is 25.7 Å². The molecule has 0 fully saturated rings. The maximum absolute atomic E-state index is 4.49. The summed E-state index contributed by atoms with van der Waals surface area (Å²) in [5.41, 5.74) is 2.51. The van der Waals surface area contributed by atoms with Crippen LogP contribution in [0.4, 0.5) is 0 Å². The van der Waals surface area contributed by atoms with Crippen LogP contribution in [0.5, 0.6) is 0 Å². The Kier molecular flexibility index (Phi) is 2.59. The van der Waals surface area contributed by atoms with Crippen molar-refractivity contribution < 1.29 is 0 Å². The Hall–Kier alpha value is -0.830. The van der Waals surface area contributed by atoms with Gasteiger partial charge in [-0.3, -0.25) is 9.58 Å². The normalized spacial score (nSPS) is 18.3. The zero-order valence-electron chi connectivity index (χ0n) is 9.32. The molecule has 0 radical (unpaired) electrons. The standard InChI is InChI=1S/C11H19N3/c1-9(2)13-5-4-6-14-11(8-13)7-10(3)12-14/h7,9H,4-6,8H2,1-3H3. The number of aryl methyl sites for hydroxylation is 2. The van der Waals surface area contributed by atoms with Crippen molar-refractivity contribution >= 4 is 0 Å². The monoisotopic (exact) mass is 193 g/mol. The van der Waals surface area contributed by atoms with Gasteiger partial charge in [0.2, 0.25) is 0 Å². The lowest BCUT2D eigenvalue weighted by Crippen LogP contribution is -2.30. The lowest BCUT2D eigenvalue weighted by molar-refractivity contribution is 0.216. The van der Waals surface area contributed by atoms with Crippen LogP contribution in [0, 0.1) is 6.92 Å². The Morgan fingerprint density at radius 1 is 1.36 bits per heavy atom. The van der Waals surface area contributed by atoms with E-state index < -0.39 is 0 Å². The second-order valence-electron chi connectivity index (χ2n) is 4.42. The highest BCUT2D eigenvalue weighted by Gasteiger charge is 2.17. The van der Waals surface area contributed by atoms with Crippen LogP contribution in [0.25, 0.3) is 0 Å². The highest BCUT2D eigenvalue weighted by molar-refractivity contribution is 5.09. The predicted octanol–water partition coefficient (Wildman–Crippen LogP) is 1.81. The van der Waals surface area contributed by atoms with Gasteiger partial charge in [0.15, 0.2) is 0 Å². The summed E-state index contributed by atoms with van der Waals surface area (Å²) in [7, 11) is 0. The Bertz CT molecular complexity index is 314. The fourth-order valence-corrected chi connectivity index (χ4v) is 2.07. The lowest BCUT2D eigenvalue weighted by atomic mass is 10.2. The molecule has 1 aromatic heterocycles. The average Bonchev–Trinajstić information content (AvgIpc) is 2.32. The first-order chi connectivity index (χ1) is 6.66. The van der Waals surface area contributed by atoms with Gasteiger partial charge in [0.1, 0.15) is 0 Å². The minimum Gasteiger partial charge on any atom is -0.295 e. The highest BCUT2D eigenvalue weighted by atomic mass is 15.3. The van der Waals surface area contributed by atoms with Gasteiger partial charge in [-0.2, -0.15) is 5.10 Å². The van der Waals surface area contributed by atoms with Crippen LogP contribution in [0.3, 0.4) is 0 Å². The first-order valence-electron chi connectivity index (χ1n) is 5.44. The third kappa shape index (κ3) is 1.82. The van der Waals surface area contributed by atoms with Crippen LogP contribution < -0.4 is 0 Å². The third-order valence-corrected chi connectivity index (χ3v) is 2.90. The number of nitrogens with zero attached hydrogens (tertiary/aromatic N) is 3. The van der Waals surface area contributed by atoms with Gasteiger partial charge in [-0.05, 0) is 33.3 Å². The number of rotatable bonds is 1. The quantitative estimate of drug-likeness (QED) is 0.678. The predicted molar refractivity (Wildman–Crippen MR) is 57.1 cm³/mol. The maximum atomic E-state index is 4.49. The van der Waals surface area contributed by atoms with Gasteiger partial charge in [0.25, 0.3) is 0 Å². The SMILES string of the molecule is Cc1cc2n(n1)CCCN(C(C)C)C2. The molecule has 78 valence electrons. The molecular formula is C11H19N3. The molecule has 14 heavy (non-hydrogen) atoms. The Morgan fingerprint density at radius 3 is 2.86 bits per heavy atom. The second kappa shape index (κ2) is 3.73. The summed E-state index contributed by atoms with van der Waals surface area (Å²) in [6, 6.07) is 2.84. The summed E-state index contributed by atoms with van der Waals surface area (Å²) in [4.78, 5) is 2.51. The summed E-state index contributed by atoms with van der Waals surface area (Å²) >= 11 is 0. The molecule has 0 aliphatic carbocycles. The van der Waals surface area contributed by atoms with Gasteiger partial charge in [-0.1, -0.05) is 0 Å². The fraction of sp³-hybridized carbons (Fsp3) is 0.727. The molecule has 0 amide bonds. The van der Waals surface area contributed by atoms with Crippen molar-refractivity contribution in [3.63, 3.8) is 0 Å². The molecule has 1 aliphatic heterocycles.